The number of sulfonamides is 1. The summed E-state index contributed by atoms with van der Waals surface area (Å²) in [7, 11) is -4.18. The molecule has 1 fully saturated rings. The number of amides is 1. The summed E-state index contributed by atoms with van der Waals surface area (Å²) in [4.78, 5) is 44.5. The maximum atomic E-state index is 13.3. The van der Waals surface area contributed by atoms with E-state index in [1.807, 2.05) is 4.90 Å². The highest BCUT2D eigenvalue weighted by Gasteiger charge is 2.30. The molecule has 0 radical (unpaired) electrons. The van der Waals surface area contributed by atoms with Crippen molar-refractivity contribution in [2.75, 3.05) is 31.1 Å². The molecule has 1 unspecified atom stereocenters. The Morgan fingerprint density at radius 2 is 1.86 bits per heavy atom. The van der Waals surface area contributed by atoms with E-state index in [-0.39, 0.29) is 23.3 Å². The number of carbonyl (C=O) groups excluding carboxylic acids is 1. The van der Waals surface area contributed by atoms with Crippen LogP contribution in [0.25, 0.3) is 21.9 Å². The molecule has 4 N–H and O–H groups in total. The fraction of sp³-hybridized carbons (Fsp3) is 0.357. The van der Waals surface area contributed by atoms with Crippen molar-refractivity contribution in [2.24, 2.45) is 10.9 Å². The number of imidazole rings is 1. The lowest BCUT2D eigenvalue weighted by molar-refractivity contribution is -0.139. The Morgan fingerprint density at radius 3 is 2.63 bits per heavy atom. The van der Waals surface area contributed by atoms with E-state index in [1.165, 1.54) is 23.3 Å². The minimum absolute atomic E-state index is 0.00275. The second kappa shape index (κ2) is 11.9. The summed E-state index contributed by atoms with van der Waals surface area (Å²) in [5, 5.41) is 17.2. The van der Waals surface area contributed by atoms with Crippen LogP contribution in [-0.2, 0) is 26.2 Å². The molecule has 4 aromatic rings. The Kier molecular flexibility index (Phi) is 7.90. The van der Waals surface area contributed by atoms with Crippen molar-refractivity contribution in [1.29, 1.82) is 0 Å². The third kappa shape index (κ3) is 5.99. The van der Waals surface area contributed by atoms with Gasteiger partial charge in [-0.05, 0) is 30.7 Å². The lowest BCUT2D eigenvalue weighted by Crippen LogP contribution is -2.48. The minimum atomic E-state index is -4.18. The van der Waals surface area contributed by atoms with Gasteiger partial charge >= 0.3 is 5.97 Å². The lowest BCUT2D eigenvalue weighted by atomic mass is 9.96. The zero-order chi connectivity index (χ0) is 30.0. The number of carbonyl (C=O) groups is 2. The number of aliphatic imine (C=N–C) groups is 1. The molecule has 1 amide bonds. The average molecular weight is 606 g/mol. The van der Waals surface area contributed by atoms with Crippen LogP contribution in [0.4, 0.5) is 5.82 Å². The van der Waals surface area contributed by atoms with Gasteiger partial charge in [0.05, 0.1) is 17.8 Å². The number of carboxylic acid groups (broad SMARTS) is 1. The lowest BCUT2D eigenvalue weighted by Gasteiger charge is -2.32. The third-order valence-electron chi connectivity index (χ3n) is 7.70. The molecular weight excluding hydrogens is 574 g/mol. The van der Waals surface area contributed by atoms with Crippen molar-refractivity contribution in [3.8, 4) is 0 Å². The van der Waals surface area contributed by atoms with Crippen molar-refractivity contribution in [3.63, 3.8) is 0 Å². The van der Waals surface area contributed by atoms with Gasteiger partial charge in [-0.2, -0.15) is 4.72 Å². The van der Waals surface area contributed by atoms with Gasteiger partial charge < -0.3 is 19.9 Å². The smallest absolute Gasteiger partial charge is 0.323 e. The maximum Gasteiger partial charge on any atom is 0.323 e. The SMILES string of the molecule is O=C(NC1=NCCCN1)C1CCN(c2ncnc3c2ncn3CC(NS(=O)(=O)c2cccc3ccccc23)C(=O)O)CC1. The first-order chi connectivity index (χ1) is 20.8. The molecule has 0 aliphatic carbocycles. The molecule has 1 atom stereocenters. The van der Waals surface area contributed by atoms with Gasteiger partial charge in [-0.25, -0.2) is 23.4 Å². The van der Waals surface area contributed by atoms with Crippen molar-refractivity contribution >= 4 is 55.6 Å². The molecule has 14 nitrogen and oxygen atoms in total. The molecule has 0 bridgehead atoms. The molecule has 1 saturated heterocycles. The summed E-state index contributed by atoms with van der Waals surface area (Å²) in [6.07, 6.45) is 4.98. The predicted molar refractivity (Wildman–Crippen MR) is 159 cm³/mol. The largest absolute Gasteiger partial charge is 0.480 e. The Bertz CT molecular complexity index is 1810. The second-order valence-electron chi connectivity index (χ2n) is 10.5. The number of guanidine groups is 1. The molecule has 2 aliphatic heterocycles. The summed E-state index contributed by atoms with van der Waals surface area (Å²) in [5.41, 5.74) is 0.842. The number of nitrogens with zero attached hydrogens (tertiary/aromatic N) is 6. The van der Waals surface area contributed by atoms with Gasteiger partial charge in [-0.3, -0.25) is 19.9 Å². The zero-order valence-electron chi connectivity index (χ0n) is 23.2. The number of anilines is 1. The number of aliphatic carboxylic acids is 1. The molecule has 15 heteroatoms. The number of rotatable bonds is 8. The Hall–Kier alpha value is -4.63. The molecule has 0 spiro atoms. The van der Waals surface area contributed by atoms with E-state index in [4.69, 9.17) is 0 Å². The van der Waals surface area contributed by atoms with E-state index < -0.39 is 22.0 Å². The number of carboxylic acids is 1. The Morgan fingerprint density at radius 1 is 1.07 bits per heavy atom. The molecule has 2 aromatic carbocycles. The monoisotopic (exact) mass is 605 g/mol. The van der Waals surface area contributed by atoms with Crippen molar-refractivity contribution in [3.05, 3.63) is 55.1 Å². The number of hydrogen-bond acceptors (Lipinski definition) is 10. The first kappa shape index (κ1) is 28.5. The molecule has 4 heterocycles. The highest BCUT2D eigenvalue weighted by Crippen LogP contribution is 2.27. The normalized spacial score (nSPS) is 16.9. The van der Waals surface area contributed by atoms with Gasteiger partial charge in [0.25, 0.3) is 0 Å². The molecule has 0 saturated carbocycles. The van der Waals surface area contributed by atoms with Crippen LogP contribution in [0, 0.1) is 5.92 Å². The number of hydrogen-bond donors (Lipinski definition) is 4. The highest BCUT2D eigenvalue weighted by molar-refractivity contribution is 7.89. The third-order valence-corrected chi connectivity index (χ3v) is 9.23. The standard InChI is InChI=1S/C28H31N9O5S/c38-26(34-28-29-11-4-12-30-28)19-9-13-36(14-10-19)24-23-25(32-16-31-24)37(17-33-23)15-21(27(39)40)35-43(41,42)22-8-3-6-18-5-1-2-7-20(18)22/h1-3,5-8,16-17,19,21,35H,4,9-15H2,(H,39,40)(H2,29,30,34,38). The van der Waals surface area contributed by atoms with E-state index >= 15 is 0 Å². The minimum Gasteiger partial charge on any atom is -0.480 e. The summed E-state index contributed by atoms with van der Waals surface area (Å²) < 4.78 is 30.5. The number of nitrogens with one attached hydrogen (secondary N) is 3. The fourth-order valence-electron chi connectivity index (χ4n) is 5.47. The number of piperidine rings is 1. The molecule has 43 heavy (non-hydrogen) atoms. The highest BCUT2D eigenvalue weighted by atomic mass is 32.2. The van der Waals surface area contributed by atoms with Gasteiger partial charge in [0.15, 0.2) is 22.9 Å². The summed E-state index contributed by atoms with van der Waals surface area (Å²) in [6, 6.07) is 10.4. The topological polar surface area (TPSA) is 184 Å². The summed E-state index contributed by atoms with van der Waals surface area (Å²) in [5.74, 6) is -0.459. The predicted octanol–water partition coefficient (Wildman–Crippen LogP) is 1.09. The quantitative estimate of drug-likeness (QED) is 0.227. The van der Waals surface area contributed by atoms with Crippen LogP contribution in [0.15, 0.2) is 65.0 Å². The van der Waals surface area contributed by atoms with Crippen LogP contribution in [0.2, 0.25) is 0 Å². The summed E-state index contributed by atoms with van der Waals surface area (Å²) in [6.45, 7) is 2.38. The Balaban J connectivity index is 1.17. The van der Waals surface area contributed by atoms with Gasteiger partial charge in [-0.1, -0.05) is 36.4 Å². The summed E-state index contributed by atoms with van der Waals surface area (Å²) >= 11 is 0. The van der Waals surface area contributed by atoms with Crippen molar-refractivity contribution < 1.29 is 23.1 Å². The molecule has 2 aliphatic rings. The molecular formula is C28H31N9O5S. The van der Waals surface area contributed by atoms with E-state index in [2.05, 4.69) is 35.3 Å². The first-order valence-electron chi connectivity index (χ1n) is 14.0. The van der Waals surface area contributed by atoms with E-state index in [0.717, 1.165) is 18.4 Å². The van der Waals surface area contributed by atoms with Gasteiger partial charge in [0.2, 0.25) is 15.9 Å². The van der Waals surface area contributed by atoms with Crippen molar-refractivity contribution in [1.82, 2.24) is 34.9 Å². The number of fused-ring (bicyclic) bond motifs is 2. The number of benzene rings is 2. The van der Waals surface area contributed by atoms with Crippen LogP contribution in [0.3, 0.4) is 0 Å². The molecule has 224 valence electrons. The van der Waals surface area contributed by atoms with Crippen molar-refractivity contribution in [2.45, 2.75) is 36.7 Å². The average Bonchev–Trinajstić information content (AvgIpc) is 3.43. The maximum absolute atomic E-state index is 13.3. The van der Waals surface area contributed by atoms with E-state index in [0.29, 0.717) is 60.8 Å². The van der Waals surface area contributed by atoms with Crippen LogP contribution < -0.4 is 20.3 Å². The number of aromatic nitrogens is 4. The van der Waals surface area contributed by atoms with Crippen LogP contribution >= 0.6 is 0 Å². The molecule has 6 rings (SSSR count). The zero-order valence-corrected chi connectivity index (χ0v) is 24.0. The van der Waals surface area contributed by atoms with E-state index in [1.54, 1.807) is 36.4 Å². The van der Waals surface area contributed by atoms with Gasteiger partial charge in [0.1, 0.15) is 12.4 Å². The van der Waals surface area contributed by atoms with Crippen LogP contribution in [0.5, 0.6) is 0 Å². The van der Waals surface area contributed by atoms with Gasteiger partial charge in [-0.15, -0.1) is 0 Å². The Labute approximate surface area is 247 Å². The first-order valence-corrected chi connectivity index (χ1v) is 15.5. The van der Waals surface area contributed by atoms with Crippen LogP contribution in [-0.4, -0.2) is 83.1 Å². The van der Waals surface area contributed by atoms with Gasteiger partial charge in [0, 0.05) is 37.5 Å². The van der Waals surface area contributed by atoms with Crippen LogP contribution in [0.1, 0.15) is 19.3 Å². The second-order valence-corrected chi connectivity index (χ2v) is 12.2. The van der Waals surface area contributed by atoms with E-state index in [9.17, 15) is 23.1 Å². The fourth-order valence-corrected chi connectivity index (χ4v) is 6.88. The molecule has 2 aromatic heterocycles.